The molecule has 0 aromatic heterocycles. The number of hydrogen-bond acceptors (Lipinski definition) is 2. The summed E-state index contributed by atoms with van der Waals surface area (Å²) < 4.78 is 0. The van der Waals surface area contributed by atoms with Crippen LogP contribution in [0.3, 0.4) is 0 Å². The van der Waals surface area contributed by atoms with Crippen molar-refractivity contribution in [2.24, 2.45) is 11.7 Å². The molecule has 2 aliphatic rings. The standard InChI is InChI=1S/C15H22N2/c1-10(2)14(16)13-8-11-4-3-6-17-7-5-12(9-13)15(11)17/h8-10,14H,3-7,16H2,1-2H3. The predicted molar refractivity (Wildman–Crippen MR) is 72.4 cm³/mol. The maximum absolute atomic E-state index is 6.29. The molecule has 2 N–H and O–H groups in total. The zero-order chi connectivity index (χ0) is 12.0. The molecule has 0 spiro atoms. The maximum Gasteiger partial charge on any atom is 0.0432 e. The van der Waals surface area contributed by atoms with Crippen molar-refractivity contribution in [2.75, 3.05) is 18.0 Å². The number of rotatable bonds is 2. The predicted octanol–water partition coefficient (Wildman–Crippen LogP) is 2.65. The molecule has 1 aromatic carbocycles. The second-order valence-electron chi connectivity index (χ2n) is 5.80. The number of nitrogens with two attached hydrogens (primary N) is 1. The van der Waals surface area contributed by atoms with Crippen LogP contribution in [0.1, 0.15) is 43.0 Å². The SMILES string of the molecule is CC(C)C(N)c1cc2c3c(c1)CCN3CCC2. The van der Waals surface area contributed by atoms with Crippen LogP contribution >= 0.6 is 0 Å². The summed E-state index contributed by atoms with van der Waals surface area (Å²) in [4.78, 5) is 2.55. The van der Waals surface area contributed by atoms with Crippen molar-refractivity contribution >= 4 is 5.69 Å². The van der Waals surface area contributed by atoms with Gasteiger partial charge in [-0.3, -0.25) is 0 Å². The van der Waals surface area contributed by atoms with E-state index in [9.17, 15) is 0 Å². The van der Waals surface area contributed by atoms with Crippen LogP contribution in [-0.2, 0) is 12.8 Å². The summed E-state index contributed by atoms with van der Waals surface area (Å²) in [6, 6.07) is 4.91. The monoisotopic (exact) mass is 230 g/mol. The summed E-state index contributed by atoms with van der Waals surface area (Å²) in [5, 5.41) is 0. The Morgan fingerprint density at radius 1 is 1.12 bits per heavy atom. The van der Waals surface area contributed by atoms with E-state index in [1.165, 1.54) is 54.7 Å². The van der Waals surface area contributed by atoms with Crippen LogP contribution in [0.4, 0.5) is 5.69 Å². The zero-order valence-electron chi connectivity index (χ0n) is 10.9. The second kappa shape index (κ2) is 4.02. The highest BCUT2D eigenvalue weighted by Gasteiger charge is 2.27. The minimum atomic E-state index is 0.188. The van der Waals surface area contributed by atoms with Gasteiger partial charge < -0.3 is 10.6 Å². The minimum Gasteiger partial charge on any atom is -0.371 e. The smallest absolute Gasteiger partial charge is 0.0432 e. The van der Waals surface area contributed by atoms with E-state index in [4.69, 9.17) is 5.73 Å². The first-order chi connectivity index (χ1) is 8.16. The molecule has 0 saturated heterocycles. The Morgan fingerprint density at radius 2 is 1.82 bits per heavy atom. The summed E-state index contributed by atoms with van der Waals surface area (Å²) in [6.07, 6.45) is 3.74. The topological polar surface area (TPSA) is 29.3 Å². The molecular formula is C15H22N2. The first-order valence-electron chi connectivity index (χ1n) is 6.83. The number of anilines is 1. The van der Waals surface area contributed by atoms with Crippen molar-refractivity contribution in [3.63, 3.8) is 0 Å². The third-order valence-corrected chi connectivity index (χ3v) is 4.23. The van der Waals surface area contributed by atoms with Gasteiger partial charge in [-0.05, 0) is 41.9 Å². The number of hydrogen-bond donors (Lipinski definition) is 1. The highest BCUT2D eigenvalue weighted by Crippen LogP contribution is 2.38. The maximum atomic E-state index is 6.29. The van der Waals surface area contributed by atoms with Crippen molar-refractivity contribution in [1.82, 2.24) is 0 Å². The summed E-state index contributed by atoms with van der Waals surface area (Å²) in [7, 11) is 0. The Hall–Kier alpha value is -1.02. The van der Waals surface area contributed by atoms with Crippen LogP contribution in [-0.4, -0.2) is 13.1 Å². The van der Waals surface area contributed by atoms with Crippen molar-refractivity contribution in [2.45, 2.75) is 39.2 Å². The lowest BCUT2D eigenvalue weighted by Gasteiger charge is -2.28. The zero-order valence-corrected chi connectivity index (χ0v) is 10.9. The largest absolute Gasteiger partial charge is 0.371 e. The number of nitrogens with zero attached hydrogens (tertiary/aromatic N) is 1. The molecule has 1 atom stereocenters. The quantitative estimate of drug-likeness (QED) is 0.846. The molecule has 1 aromatic rings. The molecule has 2 heteroatoms. The number of benzene rings is 1. The molecule has 0 aliphatic carbocycles. The number of aryl methyl sites for hydroxylation is 1. The van der Waals surface area contributed by atoms with Crippen LogP contribution < -0.4 is 10.6 Å². The average Bonchev–Trinajstić information content (AvgIpc) is 2.73. The van der Waals surface area contributed by atoms with Crippen LogP contribution in [0.5, 0.6) is 0 Å². The average molecular weight is 230 g/mol. The van der Waals surface area contributed by atoms with E-state index in [2.05, 4.69) is 30.9 Å². The highest BCUT2D eigenvalue weighted by atomic mass is 15.2. The summed E-state index contributed by atoms with van der Waals surface area (Å²) in [5.41, 5.74) is 12.3. The van der Waals surface area contributed by atoms with Gasteiger partial charge in [0.2, 0.25) is 0 Å². The Labute approximate surface area is 104 Å². The van der Waals surface area contributed by atoms with Crippen LogP contribution in [0.25, 0.3) is 0 Å². The van der Waals surface area contributed by atoms with E-state index in [1.54, 1.807) is 0 Å². The molecule has 2 nitrogen and oxygen atoms in total. The Kier molecular flexibility index (Phi) is 2.62. The molecule has 0 fully saturated rings. The van der Waals surface area contributed by atoms with Crippen molar-refractivity contribution < 1.29 is 0 Å². The molecule has 17 heavy (non-hydrogen) atoms. The molecular weight excluding hydrogens is 208 g/mol. The van der Waals surface area contributed by atoms with Gasteiger partial charge in [-0.25, -0.2) is 0 Å². The van der Waals surface area contributed by atoms with E-state index in [1.807, 2.05) is 0 Å². The van der Waals surface area contributed by atoms with E-state index < -0.39 is 0 Å². The fourth-order valence-electron chi connectivity index (χ4n) is 3.20. The first-order valence-corrected chi connectivity index (χ1v) is 6.83. The van der Waals surface area contributed by atoms with Gasteiger partial charge in [-0.1, -0.05) is 26.0 Å². The van der Waals surface area contributed by atoms with Crippen molar-refractivity contribution in [3.8, 4) is 0 Å². The molecule has 3 rings (SSSR count). The van der Waals surface area contributed by atoms with E-state index in [0.717, 1.165) is 0 Å². The molecule has 2 heterocycles. The highest BCUT2D eigenvalue weighted by molar-refractivity contribution is 5.66. The Balaban J connectivity index is 2.05. The molecule has 0 amide bonds. The van der Waals surface area contributed by atoms with Gasteiger partial charge >= 0.3 is 0 Å². The Bertz CT molecular complexity index is 437. The van der Waals surface area contributed by atoms with Gasteiger partial charge in [-0.15, -0.1) is 0 Å². The van der Waals surface area contributed by atoms with Gasteiger partial charge in [0.15, 0.2) is 0 Å². The van der Waals surface area contributed by atoms with Crippen LogP contribution in [0.15, 0.2) is 12.1 Å². The molecule has 0 radical (unpaired) electrons. The summed E-state index contributed by atoms with van der Waals surface area (Å²) in [5.74, 6) is 0.515. The molecule has 0 saturated carbocycles. The van der Waals surface area contributed by atoms with E-state index in [0.29, 0.717) is 5.92 Å². The third kappa shape index (κ3) is 1.75. The molecule has 2 aliphatic heterocycles. The van der Waals surface area contributed by atoms with E-state index in [-0.39, 0.29) is 6.04 Å². The van der Waals surface area contributed by atoms with Crippen LogP contribution in [0.2, 0.25) is 0 Å². The van der Waals surface area contributed by atoms with Gasteiger partial charge in [0, 0.05) is 24.8 Å². The normalized spacial score (nSPS) is 19.6. The molecule has 1 unspecified atom stereocenters. The minimum absolute atomic E-state index is 0.188. The lowest BCUT2D eigenvalue weighted by molar-refractivity contribution is 0.513. The van der Waals surface area contributed by atoms with E-state index >= 15 is 0 Å². The van der Waals surface area contributed by atoms with Gasteiger partial charge in [0.1, 0.15) is 0 Å². The lowest BCUT2D eigenvalue weighted by Crippen LogP contribution is -2.27. The lowest BCUT2D eigenvalue weighted by atomic mass is 9.90. The van der Waals surface area contributed by atoms with Gasteiger partial charge in [-0.2, -0.15) is 0 Å². The van der Waals surface area contributed by atoms with Crippen LogP contribution in [0, 0.1) is 5.92 Å². The molecule has 0 bridgehead atoms. The summed E-state index contributed by atoms with van der Waals surface area (Å²) >= 11 is 0. The first kappa shape index (κ1) is 11.1. The van der Waals surface area contributed by atoms with Crippen molar-refractivity contribution in [3.05, 3.63) is 28.8 Å². The summed E-state index contributed by atoms with van der Waals surface area (Å²) in [6.45, 7) is 6.86. The Morgan fingerprint density at radius 3 is 2.53 bits per heavy atom. The second-order valence-corrected chi connectivity index (χ2v) is 5.80. The van der Waals surface area contributed by atoms with Gasteiger partial charge in [0.05, 0.1) is 0 Å². The van der Waals surface area contributed by atoms with Gasteiger partial charge in [0.25, 0.3) is 0 Å². The third-order valence-electron chi connectivity index (χ3n) is 4.23. The van der Waals surface area contributed by atoms with Crippen molar-refractivity contribution in [1.29, 1.82) is 0 Å². The fraction of sp³-hybridized carbons (Fsp3) is 0.600. The molecule has 92 valence electrons. The fourth-order valence-corrected chi connectivity index (χ4v) is 3.20.